The first-order chi connectivity index (χ1) is 12.9. The minimum Gasteiger partial charge on any atom is -0.479 e. The highest BCUT2D eigenvalue weighted by molar-refractivity contribution is 5.82. The molecule has 0 spiro atoms. The van der Waals surface area contributed by atoms with Crippen molar-refractivity contribution in [2.24, 2.45) is 7.05 Å². The van der Waals surface area contributed by atoms with Gasteiger partial charge in [0.1, 0.15) is 0 Å². The van der Waals surface area contributed by atoms with Crippen molar-refractivity contribution in [3.63, 3.8) is 0 Å². The molecule has 1 N–H and O–H groups in total. The van der Waals surface area contributed by atoms with Gasteiger partial charge < -0.3 is 9.67 Å². The van der Waals surface area contributed by atoms with Gasteiger partial charge in [0, 0.05) is 29.7 Å². The van der Waals surface area contributed by atoms with Crippen LogP contribution in [0.25, 0.3) is 28.0 Å². The van der Waals surface area contributed by atoms with E-state index in [2.05, 4.69) is 72.8 Å². The first-order valence-corrected chi connectivity index (χ1v) is 9.18. The topological polar surface area (TPSA) is 55.9 Å². The smallest absolute Gasteiger partial charge is 0.319 e. The van der Waals surface area contributed by atoms with Crippen LogP contribution in [0.2, 0.25) is 0 Å². The third kappa shape index (κ3) is 2.79. The van der Waals surface area contributed by atoms with Crippen molar-refractivity contribution in [2.45, 2.75) is 33.6 Å². The van der Waals surface area contributed by atoms with E-state index >= 15 is 0 Å². The number of aryl methyl sites for hydroxylation is 3. The van der Waals surface area contributed by atoms with Gasteiger partial charge in [0.25, 0.3) is 0 Å². The highest BCUT2D eigenvalue weighted by Gasteiger charge is 2.19. The van der Waals surface area contributed by atoms with Crippen LogP contribution in [0.4, 0.5) is 0 Å². The van der Waals surface area contributed by atoms with E-state index in [0.717, 1.165) is 27.7 Å². The Hall–Kier alpha value is -3.08. The maximum absolute atomic E-state index is 10.4. The fourth-order valence-electron chi connectivity index (χ4n) is 3.83. The maximum Gasteiger partial charge on any atom is 0.319 e. The number of fused-ring (bicyclic) bond motifs is 1. The van der Waals surface area contributed by atoms with Gasteiger partial charge >= 0.3 is 6.01 Å². The second kappa shape index (κ2) is 6.27. The molecule has 0 aliphatic heterocycles. The molecule has 4 aromatic rings. The van der Waals surface area contributed by atoms with Crippen LogP contribution in [0, 0.1) is 13.8 Å². The fourth-order valence-corrected chi connectivity index (χ4v) is 3.83. The van der Waals surface area contributed by atoms with Crippen molar-refractivity contribution in [3.05, 3.63) is 59.3 Å². The Labute approximate surface area is 158 Å². The van der Waals surface area contributed by atoms with Gasteiger partial charge in [0.15, 0.2) is 5.82 Å². The van der Waals surface area contributed by atoms with Gasteiger partial charge in [-0.15, -0.1) is 5.10 Å². The van der Waals surface area contributed by atoms with Crippen LogP contribution >= 0.6 is 0 Å². The molecule has 0 unspecified atom stereocenters. The lowest BCUT2D eigenvalue weighted by Crippen LogP contribution is -2.01. The predicted molar refractivity (Wildman–Crippen MR) is 108 cm³/mol. The Kier molecular flexibility index (Phi) is 4.02. The summed E-state index contributed by atoms with van der Waals surface area (Å²) in [5.74, 6) is 1.07. The van der Waals surface area contributed by atoms with Gasteiger partial charge in [-0.3, -0.25) is 0 Å². The number of hydrogen-bond donors (Lipinski definition) is 1. The molecule has 5 heteroatoms. The van der Waals surface area contributed by atoms with E-state index in [9.17, 15) is 5.11 Å². The third-order valence-corrected chi connectivity index (χ3v) is 5.25. The van der Waals surface area contributed by atoms with Crippen molar-refractivity contribution < 1.29 is 5.11 Å². The predicted octanol–water partition coefficient (Wildman–Crippen LogP) is 4.87. The van der Waals surface area contributed by atoms with Crippen molar-refractivity contribution in [1.29, 1.82) is 0 Å². The van der Waals surface area contributed by atoms with Gasteiger partial charge in [-0.1, -0.05) is 25.0 Å². The minimum atomic E-state index is -0.105. The summed E-state index contributed by atoms with van der Waals surface area (Å²) in [5.41, 5.74) is 6.64. The van der Waals surface area contributed by atoms with Crippen molar-refractivity contribution in [2.75, 3.05) is 0 Å². The SMILES string of the molecule is Cc1cc(C)c(C(C)C)cc1-c1nnc(O)n1-c1ccc2c(ccn2C)c1. The molecule has 2 heterocycles. The molecule has 0 amide bonds. The van der Waals surface area contributed by atoms with E-state index in [0.29, 0.717) is 11.7 Å². The van der Waals surface area contributed by atoms with E-state index in [1.807, 2.05) is 19.3 Å². The Morgan fingerprint density at radius 2 is 1.74 bits per heavy atom. The highest BCUT2D eigenvalue weighted by atomic mass is 16.3. The zero-order valence-corrected chi connectivity index (χ0v) is 16.4. The molecule has 0 aliphatic rings. The average molecular weight is 360 g/mol. The monoisotopic (exact) mass is 360 g/mol. The zero-order valence-electron chi connectivity index (χ0n) is 16.4. The molecule has 138 valence electrons. The molecule has 27 heavy (non-hydrogen) atoms. The second-order valence-electron chi connectivity index (χ2n) is 7.51. The number of benzene rings is 2. The summed E-state index contributed by atoms with van der Waals surface area (Å²) in [4.78, 5) is 0. The Bertz CT molecular complexity index is 1150. The number of aromatic nitrogens is 4. The molecule has 0 aliphatic carbocycles. The first kappa shape index (κ1) is 17.3. The van der Waals surface area contributed by atoms with Gasteiger partial charge in [-0.25, -0.2) is 4.57 Å². The van der Waals surface area contributed by atoms with E-state index in [1.54, 1.807) is 4.57 Å². The molecule has 0 saturated heterocycles. The highest BCUT2D eigenvalue weighted by Crippen LogP contribution is 2.33. The van der Waals surface area contributed by atoms with E-state index < -0.39 is 0 Å². The summed E-state index contributed by atoms with van der Waals surface area (Å²) in [5, 5.41) is 19.8. The molecule has 5 nitrogen and oxygen atoms in total. The molecule has 0 fully saturated rings. The van der Waals surface area contributed by atoms with Crippen LogP contribution in [0.3, 0.4) is 0 Å². The van der Waals surface area contributed by atoms with Crippen molar-refractivity contribution >= 4 is 10.9 Å². The zero-order chi connectivity index (χ0) is 19.3. The van der Waals surface area contributed by atoms with Crippen LogP contribution < -0.4 is 0 Å². The lowest BCUT2D eigenvalue weighted by Gasteiger charge is -2.15. The summed E-state index contributed by atoms with van der Waals surface area (Å²) in [7, 11) is 2.02. The molecule has 0 bridgehead atoms. The first-order valence-electron chi connectivity index (χ1n) is 9.18. The van der Waals surface area contributed by atoms with E-state index in [1.165, 1.54) is 11.1 Å². The van der Waals surface area contributed by atoms with Crippen LogP contribution in [0.1, 0.15) is 36.5 Å². The van der Waals surface area contributed by atoms with Gasteiger partial charge in [-0.2, -0.15) is 0 Å². The fraction of sp³-hybridized carbons (Fsp3) is 0.273. The van der Waals surface area contributed by atoms with Crippen LogP contribution in [0.5, 0.6) is 6.01 Å². The largest absolute Gasteiger partial charge is 0.479 e. The van der Waals surface area contributed by atoms with Gasteiger partial charge in [0.05, 0.1) is 5.69 Å². The molecular formula is C22H24N4O. The van der Waals surface area contributed by atoms with Gasteiger partial charge in [-0.05, 0) is 66.8 Å². The standard InChI is InChI=1S/C22H24N4O/c1-13(2)18-12-19(15(4)10-14(18)3)21-23-24-22(27)26(21)17-6-7-20-16(11-17)8-9-25(20)5/h6-13H,1-5H3,(H,24,27). The number of nitrogens with zero attached hydrogens (tertiary/aromatic N) is 4. The molecule has 0 atom stereocenters. The normalized spacial score (nSPS) is 11.6. The lowest BCUT2D eigenvalue weighted by atomic mass is 9.92. The summed E-state index contributed by atoms with van der Waals surface area (Å²) < 4.78 is 3.79. The number of hydrogen-bond acceptors (Lipinski definition) is 3. The summed E-state index contributed by atoms with van der Waals surface area (Å²) in [6.45, 7) is 8.58. The summed E-state index contributed by atoms with van der Waals surface area (Å²) >= 11 is 0. The maximum atomic E-state index is 10.4. The lowest BCUT2D eigenvalue weighted by molar-refractivity contribution is 0.420. The van der Waals surface area contributed by atoms with Crippen LogP contribution in [-0.2, 0) is 7.05 Å². The number of rotatable bonds is 3. The quantitative estimate of drug-likeness (QED) is 0.567. The summed E-state index contributed by atoms with van der Waals surface area (Å²) in [6, 6.07) is 12.4. The van der Waals surface area contributed by atoms with Gasteiger partial charge in [0.2, 0.25) is 0 Å². The Balaban J connectivity index is 1.93. The van der Waals surface area contributed by atoms with E-state index in [-0.39, 0.29) is 6.01 Å². The van der Waals surface area contributed by atoms with E-state index in [4.69, 9.17) is 0 Å². The molecule has 2 aromatic heterocycles. The second-order valence-corrected chi connectivity index (χ2v) is 7.51. The third-order valence-electron chi connectivity index (χ3n) is 5.25. The molecule has 0 saturated carbocycles. The van der Waals surface area contributed by atoms with Crippen molar-refractivity contribution in [3.8, 4) is 23.1 Å². The molecule has 2 aromatic carbocycles. The van der Waals surface area contributed by atoms with Crippen molar-refractivity contribution in [1.82, 2.24) is 19.3 Å². The molecule has 4 rings (SSSR count). The minimum absolute atomic E-state index is 0.105. The Morgan fingerprint density at radius 1 is 0.963 bits per heavy atom. The van der Waals surface area contributed by atoms with Crippen LogP contribution in [-0.4, -0.2) is 24.4 Å². The molecular weight excluding hydrogens is 336 g/mol. The molecule has 0 radical (unpaired) electrons. The number of aromatic hydroxyl groups is 1. The Morgan fingerprint density at radius 3 is 2.48 bits per heavy atom. The summed E-state index contributed by atoms with van der Waals surface area (Å²) in [6.07, 6.45) is 2.03. The van der Waals surface area contributed by atoms with Crippen LogP contribution in [0.15, 0.2) is 42.6 Å². The average Bonchev–Trinajstić information content (AvgIpc) is 3.17.